The van der Waals surface area contributed by atoms with Gasteiger partial charge in [0.2, 0.25) is 5.88 Å². The molecule has 0 radical (unpaired) electrons. The van der Waals surface area contributed by atoms with Crippen LogP contribution in [0.4, 0.5) is 10.3 Å². The molecule has 4 aromatic rings. The molecule has 1 aromatic heterocycles. The Morgan fingerprint density at radius 3 is 2.34 bits per heavy atom. The minimum atomic E-state index is -0.324. The Kier molecular flexibility index (Phi) is 7.70. The summed E-state index contributed by atoms with van der Waals surface area (Å²) in [6.07, 6.45) is 0. The monoisotopic (exact) mass is 514 g/mol. The summed E-state index contributed by atoms with van der Waals surface area (Å²) >= 11 is 0. The summed E-state index contributed by atoms with van der Waals surface area (Å²) in [4.78, 5) is 20.2. The number of piperazine rings is 1. The SMILES string of the molecule is COc1ccccc1C(=O)N(Cc1ccccc1)Cc1c(-c2ccc(F)cc2)noc1N1CCN(C)CC1. The molecule has 7 nitrogen and oxygen atoms in total. The lowest BCUT2D eigenvalue weighted by molar-refractivity contribution is 0.0727. The first-order valence-electron chi connectivity index (χ1n) is 12.7. The van der Waals surface area contributed by atoms with E-state index in [0.29, 0.717) is 29.4 Å². The highest BCUT2D eigenvalue weighted by Crippen LogP contribution is 2.34. The van der Waals surface area contributed by atoms with Crippen LogP contribution in [0.3, 0.4) is 0 Å². The Morgan fingerprint density at radius 2 is 1.63 bits per heavy atom. The molecule has 1 amide bonds. The molecule has 1 aliphatic rings. The van der Waals surface area contributed by atoms with Crippen molar-refractivity contribution in [1.29, 1.82) is 0 Å². The molecule has 2 heterocycles. The number of likely N-dealkylation sites (N-methyl/N-ethyl adjacent to an activating group) is 1. The van der Waals surface area contributed by atoms with Gasteiger partial charge in [0, 0.05) is 38.3 Å². The van der Waals surface area contributed by atoms with Gasteiger partial charge in [-0.25, -0.2) is 4.39 Å². The number of aromatic nitrogens is 1. The second-order valence-corrected chi connectivity index (χ2v) is 9.46. The van der Waals surface area contributed by atoms with Crippen molar-refractivity contribution < 1.29 is 18.4 Å². The van der Waals surface area contributed by atoms with Crippen LogP contribution in [-0.2, 0) is 13.1 Å². The van der Waals surface area contributed by atoms with Crippen LogP contribution in [0.5, 0.6) is 5.75 Å². The number of para-hydroxylation sites is 1. The predicted molar refractivity (Wildman–Crippen MR) is 145 cm³/mol. The van der Waals surface area contributed by atoms with Gasteiger partial charge in [0.25, 0.3) is 5.91 Å². The zero-order valence-corrected chi connectivity index (χ0v) is 21.6. The van der Waals surface area contributed by atoms with E-state index in [2.05, 4.69) is 22.0 Å². The first kappa shape index (κ1) is 25.5. The van der Waals surface area contributed by atoms with Crippen LogP contribution < -0.4 is 9.64 Å². The number of hydrogen-bond acceptors (Lipinski definition) is 6. The second-order valence-electron chi connectivity index (χ2n) is 9.46. The molecule has 196 valence electrons. The third-order valence-corrected chi connectivity index (χ3v) is 6.87. The van der Waals surface area contributed by atoms with Gasteiger partial charge in [0.15, 0.2) is 0 Å². The lowest BCUT2D eigenvalue weighted by Gasteiger charge is -2.33. The molecule has 38 heavy (non-hydrogen) atoms. The summed E-state index contributed by atoms with van der Waals surface area (Å²) in [6.45, 7) is 3.97. The van der Waals surface area contributed by atoms with Crippen molar-refractivity contribution in [2.75, 3.05) is 45.2 Å². The van der Waals surface area contributed by atoms with Crippen LogP contribution in [-0.4, -0.2) is 61.2 Å². The number of rotatable bonds is 8. The summed E-state index contributed by atoms with van der Waals surface area (Å²) in [7, 11) is 3.65. The molecule has 1 saturated heterocycles. The number of carbonyl (C=O) groups excluding carboxylic acids is 1. The second kappa shape index (κ2) is 11.5. The largest absolute Gasteiger partial charge is 0.496 e. The van der Waals surface area contributed by atoms with Crippen molar-refractivity contribution in [3.8, 4) is 17.0 Å². The Balaban J connectivity index is 1.57. The van der Waals surface area contributed by atoms with Crippen molar-refractivity contribution in [3.05, 3.63) is 101 Å². The van der Waals surface area contributed by atoms with E-state index in [1.54, 1.807) is 36.3 Å². The molecule has 0 bridgehead atoms. The lowest BCUT2D eigenvalue weighted by atomic mass is 10.0. The summed E-state index contributed by atoms with van der Waals surface area (Å²) in [6, 6.07) is 23.3. The molecule has 0 saturated carbocycles. The van der Waals surface area contributed by atoms with Crippen LogP contribution in [0.15, 0.2) is 83.4 Å². The van der Waals surface area contributed by atoms with Gasteiger partial charge in [-0.1, -0.05) is 47.6 Å². The number of amides is 1. The first-order chi connectivity index (χ1) is 18.5. The fraction of sp³-hybridized carbons (Fsp3) is 0.267. The lowest BCUT2D eigenvalue weighted by Crippen LogP contribution is -2.44. The van der Waals surface area contributed by atoms with Crippen molar-refractivity contribution >= 4 is 11.8 Å². The maximum atomic E-state index is 14.0. The number of carbonyl (C=O) groups is 1. The molecule has 3 aromatic carbocycles. The van der Waals surface area contributed by atoms with Gasteiger partial charge in [0.05, 0.1) is 24.8 Å². The molecule has 8 heteroatoms. The zero-order chi connectivity index (χ0) is 26.5. The normalized spacial score (nSPS) is 13.9. The standard InChI is InChI=1S/C30H31FN4O3/c1-33-16-18-34(19-17-33)30-26(28(32-38-30)23-12-14-24(31)15-13-23)21-35(20-22-8-4-3-5-9-22)29(36)25-10-6-7-11-27(25)37-2/h3-15H,16-21H2,1-2H3. The van der Waals surface area contributed by atoms with Crippen LogP contribution in [0, 0.1) is 5.82 Å². The zero-order valence-electron chi connectivity index (χ0n) is 21.6. The van der Waals surface area contributed by atoms with Crippen molar-refractivity contribution in [1.82, 2.24) is 15.0 Å². The van der Waals surface area contributed by atoms with Gasteiger partial charge >= 0.3 is 0 Å². The quantitative estimate of drug-likeness (QED) is 0.327. The van der Waals surface area contributed by atoms with Gasteiger partial charge < -0.3 is 24.0 Å². The van der Waals surface area contributed by atoms with Crippen LogP contribution >= 0.6 is 0 Å². The van der Waals surface area contributed by atoms with E-state index in [4.69, 9.17) is 9.26 Å². The van der Waals surface area contributed by atoms with E-state index < -0.39 is 0 Å². The van der Waals surface area contributed by atoms with E-state index in [1.165, 1.54) is 12.1 Å². The molecule has 0 aliphatic carbocycles. The molecule has 0 spiro atoms. The number of anilines is 1. The smallest absolute Gasteiger partial charge is 0.258 e. The number of benzene rings is 3. The molecule has 5 rings (SSSR count). The number of nitrogens with zero attached hydrogens (tertiary/aromatic N) is 4. The maximum absolute atomic E-state index is 14.0. The molecule has 1 aliphatic heterocycles. The summed E-state index contributed by atoms with van der Waals surface area (Å²) in [5.74, 6) is 0.666. The van der Waals surface area contributed by atoms with Gasteiger partial charge in [-0.15, -0.1) is 0 Å². The fourth-order valence-electron chi connectivity index (χ4n) is 4.72. The summed E-state index contributed by atoms with van der Waals surface area (Å²) in [5, 5.41) is 4.42. The molecule has 0 unspecified atom stereocenters. The molecular weight excluding hydrogens is 483 g/mol. The van der Waals surface area contributed by atoms with Gasteiger partial charge in [-0.05, 0) is 49.0 Å². The third kappa shape index (κ3) is 5.55. The minimum Gasteiger partial charge on any atom is -0.496 e. The van der Waals surface area contributed by atoms with E-state index in [0.717, 1.165) is 42.9 Å². The highest BCUT2D eigenvalue weighted by molar-refractivity contribution is 5.97. The molecule has 1 fully saturated rings. The van der Waals surface area contributed by atoms with Gasteiger partial charge in [-0.2, -0.15) is 0 Å². The highest BCUT2D eigenvalue weighted by Gasteiger charge is 2.29. The first-order valence-corrected chi connectivity index (χ1v) is 12.7. The minimum absolute atomic E-state index is 0.165. The van der Waals surface area contributed by atoms with Crippen LogP contribution in [0.2, 0.25) is 0 Å². The average Bonchev–Trinajstić information content (AvgIpc) is 3.37. The molecule has 0 N–H and O–H groups in total. The number of methoxy groups -OCH3 is 1. The number of hydrogen-bond donors (Lipinski definition) is 0. The Hall–Kier alpha value is -4.17. The number of halogens is 1. The Labute approximate surface area is 222 Å². The molecule has 0 atom stereocenters. The summed E-state index contributed by atoms with van der Waals surface area (Å²) in [5.41, 5.74) is 3.60. The average molecular weight is 515 g/mol. The van der Waals surface area contributed by atoms with Gasteiger partial charge in [-0.3, -0.25) is 4.79 Å². The van der Waals surface area contributed by atoms with Crippen LogP contribution in [0.25, 0.3) is 11.3 Å². The van der Waals surface area contributed by atoms with E-state index >= 15 is 0 Å². The van der Waals surface area contributed by atoms with Crippen molar-refractivity contribution in [2.45, 2.75) is 13.1 Å². The highest BCUT2D eigenvalue weighted by atomic mass is 19.1. The molecular formula is C30H31FN4O3. The van der Waals surface area contributed by atoms with Gasteiger partial charge in [0.1, 0.15) is 17.3 Å². The Bertz CT molecular complexity index is 1370. The maximum Gasteiger partial charge on any atom is 0.258 e. The topological polar surface area (TPSA) is 62.1 Å². The van der Waals surface area contributed by atoms with E-state index in [9.17, 15) is 9.18 Å². The van der Waals surface area contributed by atoms with Crippen molar-refractivity contribution in [3.63, 3.8) is 0 Å². The third-order valence-electron chi connectivity index (χ3n) is 6.87. The summed E-state index contributed by atoms with van der Waals surface area (Å²) < 4.78 is 25.2. The predicted octanol–water partition coefficient (Wildman–Crippen LogP) is 5.08. The van der Waals surface area contributed by atoms with E-state index in [-0.39, 0.29) is 18.3 Å². The number of ether oxygens (including phenoxy) is 1. The van der Waals surface area contributed by atoms with E-state index in [1.807, 2.05) is 42.5 Å². The van der Waals surface area contributed by atoms with Crippen molar-refractivity contribution in [2.24, 2.45) is 0 Å². The fourth-order valence-corrected chi connectivity index (χ4v) is 4.72. The van der Waals surface area contributed by atoms with Crippen LogP contribution in [0.1, 0.15) is 21.5 Å². The Morgan fingerprint density at radius 1 is 0.947 bits per heavy atom.